The molecule has 0 spiro atoms. The number of nitro benzene ring substituents is 1. The van der Waals surface area contributed by atoms with Gasteiger partial charge in [-0.25, -0.2) is 0 Å². The third kappa shape index (κ3) is 3.25. The van der Waals surface area contributed by atoms with Crippen LogP contribution in [0.3, 0.4) is 0 Å². The van der Waals surface area contributed by atoms with E-state index in [1.165, 1.54) is 12.1 Å². The average molecular weight is 288 g/mol. The fourth-order valence-corrected chi connectivity index (χ4v) is 2.02. The standard InChI is InChI=1S/C14H16N4O3/c1-3-17-9-11(8-16-17)7-15-14(19)12-5-4-6-13(10(12)2)18(20)21/h4-6,8-9H,3,7H2,1-2H3,(H,15,19). The molecule has 21 heavy (non-hydrogen) atoms. The van der Waals surface area contributed by atoms with Crippen LogP contribution in [-0.4, -0.2) is 20.6 Å². The smallest absolute Gasteiger partial charge is 0.273 e. The summed E-state index contributed by atoms with van der Waals surface area (Å²) in [6, 6.07) is 4.47. The first-order valence-corrected chi connectivity index (χ1v) is 6.56. The largest absolute Gasteiger partial charge is 0.348 e. The fourth-order valence-electron chi connectivity index (χ4n) is 2.02. The van der Waals surface area contributed by atoms with Crippen LogP contribution in [0.1, 0.15) is 28.4 Å². The zero-order valence-corrected chi connectivity index (χ0v) is 11.9. The molecule has 7 heteroatoms. The predicted octanol–water partition coefficient (Wildman–Crippen LogP) is 2.05. The van der Waals surface area contributed by atoms with Crippen LogP contribution >= 0.6 is 0 Å². The molecule has 0 bridgehead atoms. The Balaban J connectivity index is 2.10. The van der Waals surface area contributed by atoms with Crippen LogP contribution in [0.25, 0.3) is 0 Å². The maximum Gasteiger partial charge on any atom is 0.273 e. The van der Waals surface area contributed by atoms with E-state index in [0.717, 1.165) is 12.1 Å². The summed E-state index contributed by atoms with van der Waals surface area (Å²) in [5, 5.41) is 17.7. The molecule has 1 aromatic heterocycles. The van der Waals surface area contributed by atoms with E-state index in [0.29, 0.717) is 17.7 Å². The van der Waals surface area contributed by atoms with Gasteiger partial charge in [-0.2, -0.15) is 5.10 Å². The van der Waals surface area contributed by atoms with Gasteiger partial charge in [-0.15, -0.1) is 0 Å². The third-order valence-electron chi connectivity index (χ3n) is 3.21. The fraction of sp³-hybridized carbons (Fsp3) is 0.286. The number of benzene rings is 1. The molecule has 2 rings (SSSR count). The quantitative estimate of drug-likeness (QED) is 0.673. The van der Waals surface area contributed by atoms with Crippen LogP contribution in [-0.2, 0) is 13.1 Å². The third-order valence-corrected chi connectivity index (χ3v) is 3.21. The van der Waals surface area contributed by atoms with Crippen LogP contribution in [0.5, 0.6) is 0 Å². The number of nitro groups is 1. The second kappa shape index (κ2) is 6.17. The summed E-state index contributed by atoms with van der Waals surface area (Å²) in [5.74, 6) is -0.333. The van der Waals surface area contributed by atoms with Crippen LogP contribution in [0, 0.1) is 17.0 Å². The Morgan fingerprint density at radius 2 is 2.24 bits per heavy atom. The second-order valence-corrected chi connectivity index (χ2v) is 4.59. The topological polar surface area (TPSA) is 90.1 Å². The van der Waals surface area contributed by atoms with Gasteiger partial charge in [-0.3, -0.25) is 19.6 Å². The van der Waals surface area contributed by atoms with E-state index in [-0.39, 0.29) is 11.6 Å². The highest BCUT2D eigenvalue weighted by molar-refractivity contribution is 5.96. The van der Waals surface area contributed by atoms with Crippen molar-refractivity contribution >= 4 is 11.6 Å². The van der Waals surface area contributed by atoms with Gasteiger partial charge in [0.25, 0.3) is 11.6 Å². The number of carbonyl (C=O) groups is 1. The van der Waals surface area contributed by atoms with Crippen LogP contribution in [0.4, 0.5) is 5.69 Å². The highest BCUT2D eigenvalue weighted by Crippen LogP contribution is 2.20. The number of aryl methyl sites for hydroxylation is 1. The van der Waals surface area contributed by atoms with Gasteiger partial charge in [-0.05, 0) is 19.9 Å². The van der Waals surface area contributed by atoms with Gasteiger partial charge in [0.1, 0.15) is 0 Å². The molecule has 7 nitrogen and oxygen atoms in total. The molecule has 0 aliphatic heterocycles. The van der Waals surface area contributed by atoms with Crippen LogP contribution < -0.4 is 5.32 Å². The number of rotatable bonds is 5. The summed E-state index contributed by atoms with van der Waals surface area (Å²) in [6.07, 6.45) is 3.53. The summed E-state index contributed by atoms with van der Waals surface area (Å²) in [7, 11) is 0. The minimum atomic E-state index is -0.489. The lowest BCUT2D eigenvalue weighted by Gasteiger charge is -2.07. The molecule has 0 atom stereocenters. The zero-order chi connectivity index (χ0) is 15.4. The molecule has 0 saturated heterocycles. The lowest BCUT2D eigenvalue weighted by atomic mass is 10.1. The first kappa shape index (κ1) is 14.7. The van der Waals surface area contributed by atoms with E-state index in [1.54, 1.807) is 23.9 Å². The predicted molar refractivity (Wildman–Crippen MR) is 76.9 cm³/mol. The molecule has 0 saturated carbocycles. The summed E-state index contributed by atoms with van der Waals surface area (Å²) >= 11 is 0. The Labute approximate surface area is 121 Å². The van der Waals surface area contributed by atoms with Crippen molar-refractivity contribution in [1.29, 1.82) is 0 Å². The molecule has 0 aliphatic rings. The number of carbonyl (C=O) groups excluding carboxylic acids is 1. The molecule has 0 fully saturated rings. The van der Waals surface area contributed by atoms with Gasteiger partial charge in [0.15, 0.2) is 0 Å². The molecule has 0 unspecified atom stereocenters. The highest BCUT2D eigenvalue weighted by Gasteiger charge is 2.17. The minimum Gasteiger partial charge on any atom is -0.348 e. The van der Waals surface area contributed by atoms with Gasteiger partial charge in [0.2, 0.25) is 0 Å². The van der Waals surface area contributed by atoms with Crippen molar-refractivity contribution < 1.29 is 9.72 Å². The molecule has 2 aromatic rings. The van der Waals surface area contributed by atoms with Crippen molar-refractivity contribution in [2.75, 3.05) is 0 Å². The Morgan fingerprint density at radius 1 is 1.48 bits per heavy atom. The molecule has 1 heterocycles. The van der Waals surface area contributed by atoms with E-state index < -0.39 is 4.92 Å². The Kier molecular flexibility index (Phi) is 4.32. The Bertz CT molecular complexity index is 679. The van der Waals surface area contributed by atoms with Crippen molar-refractivity contribution in [3.05, 3.63) is 57.4 Å². The van der Waals surface area contributed by atoms with Crippen molar-refractivity contribution in [2.24, 2.45) is 0 Å². The first-order chi connectivity index (χ1) is 10.0. The highest BCUT2D eigenvalue weighted by atomic mass is 16.6. The number of amides is 1. The SMILES string of the molecule is CCn1cc(CNC(=O)c2cccc([N+](=O)[O-])c2C)cn1. The van der Waals surface area contributed by atoms with Crippen molar-refractivity contribution in [1.82, 2.24) is 15.1 Å². The van der Waals surface area contributed by atoms with E-state index >= 15 is 0 Å². The molecule has 110 valence electrons. The van der Waals surface area contributed by atoms with Gasteiger partial charge in [0, 0.05) is 42.0 Å². The average Bonchev–Trinajstić information content (AvgIpc) is 2.92. The van der Waals surface area contributed by atoms with Gasteiger partial charge >= 0.3 is 0 Å². The molecular weight excluding hydrogens is 272 g/mol. The summed E-state index contributed by atoms with van der Waals surface area (Å²) in [6.45, 7) is 4.64. The summed E-state index contributed by atoms with van der Waals surface area (Å²) in [5.41, 5.74) is 1.51. The van der Waals surface area contributed by atoms with Crippen molar-refractivity contribution in [3.8, 4) is 0 Å². The molecule has 1 amide bonds. The Hall–Kier alpha value is -2.70. The number of hydrogen-bond donors (Lipinski definition) is 1. The molecule has 1 aromatic carbocycles. The Morgan fingerprint density at radius 3 is 2.86 bits per heavy atom. The maximum atomic E-state index is 12.1. The van der Waals surface area contributed by atoms with Crippen LogP contribution in [0.15, 0.2) is 30.6 Å². The summed E-state index contributed by atoms with van der Waals surface area (Å²) < 4.78 is 1.76. The van der Waals surface area contributed by atoms with Gasteiger partial charge in [0.05, 0.1) is 11.1 Å². The van der Waals surface area contributed by atoms with Crippen molar-refractivity contribution in [2.45, 2.75) is 26.9 Å². The minimum absolute atomic E-state index is 0.0542. The maximum absolute atomic E-state index is 12.1. The van der Waals surface area contributed by atoms with E-state index in [2.05, 4.69) is 10.4 Å². The monoisotopic (exact) mass is 288 g/mol. The normalized spacial score (nSPS) is 10.4. The number of hydrogen-bond acceptors (Lipinski definition) is 4. The molecule has 0 radical (unpaired) electrons. The first-order valence-electron chi connectivity index (χ1n) is 6.56. The molecule has 0 aliphatic carbocycles. The zero-order valence-electron chi connectivity index (χ0n) is 11.9. The van der Waals surface area contributed by atoms with E-state index in [1.807, 2.05) is 13.1 Å². The second-order valence-electron chi connectivity index (χ2n) is 4.59. The van der Waals surface area contributed by atoms with Crippen molar-refractivity contribution in [3.63, 3.8) is 0 Å². The molecule has 1 N–H and O–H groups in total. The van der Waals surface area contributed by atoms with E-state index in [9.17, 15) is 14.9 Å². The van der Waals surface area contributed by atoms with E-state index in [4.69, 9.17) is 0 Å². The molecular formula is C14H16N4O3. The van der Waals surface area contributed by atoms with Crippen LogP contribution in [0.2, 0.25) is 0 Å². The lowest BCUT2D eigenvalue weighted by Crippen LogP contribution is -2.23. The lowest BCUT2D eigenvalue weighted by molar-refractivity contribution is -0.385. The summed E-state index contributed by atoms with van der Waals surface area (Å²) in [4.78, 5) is 22.5. The van der Waals surface area contributed by atoms with Gasteiger partial charge in [-0.1, -0.05) is 6.07 Å². The number of nitrogens with one attached hydrogen (secondary N) is 1. The van der Waals surface area contributed by atoms with Gasteiger partial charge < -0.3 is 5.32 Å². The number of aromatic nitrogens is 2. The number of nitrogens with zero attached hydrogens (tertiary/aromatic N) is 3.